The van der Waals surface area contributed by atoms with E-state index in [9.17, 15) is 5.26 Å². The van der Waals surface area contributed by atoms with E-state index in [1.807, 2.05) is 0 Å². The lowest BCUT2D eigenvalue weighted by atomic mass is 10.3. The monoisotopic (exact) mass is 144 g/mol. The van der Waals surface area contributed by atoms with E-state index in [1.165, 1.54) is 12.8 Å². The second-order valence-electron chi connectivity index (χ2n) is 2.60. The van der Waals surface area contributed by atoms with Crippen molar-refractivity contribution in [2.24, 2.45) is 0 Å². The standard InChI is InChI=1S/C7H12O3/c1-6(10-8)9-7-4-2-3-5-7/h7H,2-5H2,1H3. The van der Waals surface area contributed by atoms with Crippen LogP contribution in [-0.2, 0) is 9.31 Å². The molecule has 1 rings (SSSR count). The molecule has 0 aromatic heterocycles. The van der Waals surface area contributed by atoms with Crippen molar-refractivity contribution in [3.8, 4) is 0 Å². The molecule has 1 saturated carbocycles. The van der Waals surface area contributed by atoms with Crippen molar-refractivity contribution < 1.29 is 14.6 Å². The third-order valence-corrected chi connectivity index (χ3v) is 1.75. The van der Waals surface area contributed by atoms with Gasteiger partial charge in [0, 0.05) is 12.8 Å². The van der Waals surface area contributed by atoms with Crippen molar-refractivity contribution in [3.05, 3.63) is 0 Å². The van der Waals surface area contributed by atoms with Crippen LogP contribution in [0.2, 0.25) is 0 Å². The number of carbonyl (C=O) groups excluding carboxylic acids is 1. The van der Waals surface area contributed by atoms with Gasteiger partial charge in [-0.1, -0.05) is 0 Å². The minimum atomic E-state index is 0.145. The summed E-state index contributed by atoms with van der Waals surface area (Å²) in [5, 5.41) is 9.76. The highest BCUT2D eigenvalue weighted by atomic mass is 17.1. The number of esters is 1. The highest BCUT2D eigenvalue weighted by molar-refractivity contribution is 5.66. The van der Waals surface area contributed by atoms with Crippen molar-refractivity contribution >= 4 is 5.97 Å². The molecule has 1 aliphatic rings. The van der Waals surface area contributed by atoms with E-state index in [2.05, 4.69) is 4.58 Å². The zero-order valence-electron chi connectivity index (χ0n) is 6.13. The van der Waals surface area contributed by atoms with Crippen LogP contribution < -0.4 is 5.26 Å². The molecule has 0 aromatic rings. The summed E-state index contributed by atoms with van der Waals surface area (Å²) < 4.78 is 8.80. The van der Waals surface area contributed by atoms with Gasteiger partial charge in [-0.2, -0.15) is 0 Å². The Labute approximate surface area is 60.2 Å². The molecule has 0 saturated heterocycles. The van der Waals surface area contributed by atoms with Crippen LogP contribution >= 0.6 is 0 Å². The fourth-order valence-corrected chi connectivity index (χ4v) is 1.26. The Morgan fingerprint density at radius 3 is 2.60 bits per heavy atom. The lowest BCUT2D eigenvalue weighted by Gasteiger charge is -1.99. The summed E-state index contributed by atoms with van der Waals surface area (Å²) in [6.07, 6.45) is 4.75. The predicted molar refractivity (Wildman–Crippen MR) is 34.0 cm³/mol. The molecule has 0 aliphatic heterocycles. The third-order valence-electron chi connectivity index (χ3n) is 1.75. The average molecular weight is 144 g/mol. The first-order valence-electron chi connectivity index (χ1n) is 3.63. The number of ether oxygens (including phenoxy) is 1. The molecule has 3 heteroatoms. The van der Waals surface area contributed by atoms with Crippen LogP contribution in [0.1, 0.15) is 32.6 Å². The molecule has 0 spiro atoms. The summed E-state index contributed by atoms with van der Waals surface area (Å²) in [4.78, 5) is 0. The SMILES string of the molecule is CC(OC1CCCC1)=[O+][O-]. The Morgan fingerprint density at radius 2 is 2.10 bits per heavy atom. The van der Waals surface area contributed by atoms with E-state index in [4.69, 9.17) is 4.74 Å². The first kappa shape index (κ1) is 7.38. The minimum absolute atomic E-state index is 0.145. The maximum atomic E-state index is 9.76. The fraction of sp³-hybridized carbons (Fsp3) is 0.857. The molecular weight excluding hydrogens is 132 g/mol. The van der Waals surface area contributed by atoms with Gasteiger partial charge in [-0.25, -0.2) is 0 Å². The van der Waals surface area contributed by atoms with Gasteiger partial charge in [0.2, 0.25) is 0 Å². The molecule has 0 heterocycles. The van der Waals surface area contributed by atoms with Gasteiger partial charge in [0.25, 0.3) is 0 Å². The fourth-order valence-electron chi connectivity index (χ4n) is 1.26. The number of hydrogen-bond donors (Lipinski definition) is 0. The smallest absolute Gasteiger partial charge is 0.494 e. The Kier molecular flexibility index (Phi) is 2.54. The van der Waals surface area contributed by atoms with Crippen LogP contribution in [0.3, 0.4) is 0 Å². The van der Waals surface area contributed by atoms with Crippen LogP contribution in [0.5, 0.6) is 0 Å². The van der Waals surface area contributed by atoms with Crippen molar-refractivity contribution in [1.82, 2.24) is 0 Å². The Hall–Kier alpha value is -0.730. The van der Waals surface area contributed by atoms with E-state index < -0.39 is 0 Å². The normalized spacial score (nSPS) is 21.5. The lowest BCUT2D eigenvalue weighted by molar-refractivity contribution is -1.05. The maximum absolute atomic E-state index is 9.76. The molecule has 10 heavy (non-hydrogen) atoms. The molecule has 0 radical (unpaired) electrons. The van der Waals surface area contributed by atoms with Crippen LogP contribution in [0.25, 0.3) is 0 Å². The maximum Gasteiger partial charge on any atom is 0.494 e. The minimum Gasteiger partial charge on any atom is -0.588 e. The molecule has 0 amide bonds. The van der Waals surface area contributed by atoms with Gasteiger partial charge in [-0.15, -0.1) is 0 Å². The molecule has 0 atom stereocenters. The average Bonchev–Trinajstić information content (AvgIpc) is 2.40. The zero-order valence-corrected chi connectivity index (χ0v) is 6.13. The Morgan fingerprint density at radius 1 is 1.50 bits per heavy atom. The van der Waals surface area contributed by atoms with E-state index in [0.29, 0.717) is 0 Å². The van der Waals surface area contributed by atoms with Gasteiger partial charge < -0.3 is 9.99 Å². The largest absolute Gasteiger partial charge is 0.588 e. The number of rotatable bonds is 1. The summed E-state index contributed by atoms with van der Waals surface area (Å²) in [6, 6.07) is 0. The quantitative estimate of drug-likeness (QED) is 0.230. The van der Waals surface area contributed by atoms with Gasteiger partial charge in [-0.3, -0.25) is 4.58 Å². The summed E-state index contributed by atoms with van der Waals surface area (Å²) in [6.45, 7) is 1.55. The second kappa shape index (κ2) is 3.44. The Balaban J connectivity index is 2.24. The molecule has 1 fully saturated rings. The molecule has 0 aromatic carbocycles. The molecule has 0 bridgehead atoms. The van der Waals surface area contributed by atoms with E-state index in [0.717, 1.165) is 12.8 Å². The second-order valence-corrected chi connectivity index (χ2v) is 2.60. The van der Waals surface area contributed by atoms with Crippen LogP contribution in [0.15, 0.2) is 0 Å². The van der Waals surface area contributed by atoms with Crippen LogP contribution in [0.4, 0.5) is 0 Å². The number of hydrogen-bond acceptors (Lipinski definition) is 2. The van der Waals surface area contributed by atoms with Crippen LogP contribution in [-0.4, -0.2) is 12.1 Å². The predicted octanol–water partition coefficient (Wildman–Crippen LogP) is 0.303. The van der Waals surface area contributed by atoms with E-state index >= 15 is 0 Å². The first-order valence-corrected chi connectivity index (χ1v) is 3.63. The van der Waals surface area contributed by atoms with Crippen molar-refractivity contribution in [2.45, 2.75) is 38.7 Å². The molecule has 0 N–H and O–H groups in total. The van der Waals surface area contributed by atoms with Crippen molar-refractivity contribution in [3.63, 3.8) is 0 Å². The van der Waals surface area contributed by atoms with Gasteiger partial charge in [0.15, 0.2) is 6.10 Å². The van der Waals surface area contributed by atoms with E-state index in [-0.39, 0.29) is 12.1 Å². The molecule has 0 unspecified atom stereocenters. The Bertz CT molecular complexity index is 125. The van der Waals surface area contributed by atoms with Gasteiger partial charge in [0.05, 0.1) is 6.92 Å². The van der Waals surface area contributed by atoms with Crippen molar-refractivity contribution in [2.75, 3.05) is 0 Å². The molecule has 3 nitrogen and oxygen atoms in total. The van der Waals surface area contributed by atoms with Gasteiger partial charge in [-0.05, 0) is 12.8 Å². The van der Waals surface area contributed by atoms with Gasteiger partial charge in [0.1, 0.15) is 0 Å². The van der Waals surface area contributed by atoms with Crippen molar-refractivity contribution in [1.29, 1.82) is 0 Å². The molecule has 58 valence electrons. The molecular formula is C7H12O3. The zero-order chi connectivity index (χ0) is 7.40. The van der Waals surface area contributed by atoms with Gasteiger partial charge >= 0.3 is 5.97 Å². The highest BCUT2D eigenvalue weighted by Gasteiger charge is 2.23. The molecule has 1 aliphatic carbocycles. The third kappa shape index (κ3) is 1.90. The first-order chi connectivity index (χ1) is 4.83. The van der Waals surface area contributed by atoms with Crippen LogP contribution in [0, 0.1) is 0 Å². The lowest BCUT2D eigenvalue weighted by Crippen LogP contribution is -2.16. The highest BCUT2D eigenvalue weighted by Crippen LogP contribution is 2.20. The summed E-state index contributed by atoms with van der Waals surface area (Å²) in [5.74, 6) is 0.145. The summed E-state index contributed by atoms with van der Waals surface area (Å²) in [5.41, 5.74) is 0. The topological polar surface area (TPSA) is 43.6 Å². The summed E-state index contributed by atoms with van der Waals surface area (Å²) >= 11 is 0. The van der Waals surface area contributed by atoms with E-state index in [1.54, 1.807) is 6.92 Å². The summed E-state index contributed by atoms with van der Waals surface area (Å²) in [7, 11) is 0.